The minimum absolute atomic E-state index is 0.00768. The number of fused-ring (bicyclic) bond motifs is 1. The number of nitrogens with zero attached hydrogens (tertiary/aromatic N) is 6. The van der Waals surface area contributed by atoms with Crippen molar-refractivity contribution in [2.75, 3.05) is 26.2 Å². The molecule has 3 aromatic rings. The molecule has 0 bridgehead atoms. The topological polar surface area (TPSA) is 108 Å². The highest BCUT2D eigenvalue weighted by Crippen LogP contribution is 2.32. The lowest BCUT2D eigenvalue weighted by Gasteiger charge is -2.32. The summed E-state index contributed by atoms with van der Waals surface area (Å²) in [6.07, 6.45) is 3.96. The molecule has 0 radical (unpaired) electrons. The zero-order chi connectivity index (χ0) is 23.7. The van der Waals surface area contributed by atoms with Crippen LogP contribution in [0.3, 0.4) is 0 Å². The van der Waals surface area contributed by atoms with Crippen LogP contribution in [0.5, 0.6) is 5.75 Å². The zero-order valence-corrected chi connectivity index (χ0v) is 19.8. The molecular weight excluding hydrogens is 471 g/mol. The van der Waals surface area contributed by atoms with E-state index in [1.165, 1.54) is 6.07 Å². The fourth-order valence-electron chi connectivity index (χ4n) is 4.26. The molecule has 1 fully saturated rings. The second-order valence-electron chi connectivity index (χ2n) is 8.16. The monoisotopic (exact) mass is 494 g/mol. The Kier molecular flexibility index (Phi) is 6.87. The quantitative estimate of drug-likeness (QED) is 0.213. The highest BCUT2D eigenvalue weighted by Gasteiger charge is 2.25. The lowest BCUT2D eigenvalue weighted by Crippen LogP contribution is -2.38. The Hall–Kier alpha value is -2.69. The van der Waals surface area contributed by atoms with Crippen molar-refractivity contribution in [2.24, 2.45) is 7.05 Å². The van der Waals surface area contributed by atoms with E-state index < -0.39 is 4.92 Å². The molecule has 0 N–H and O–H groups in total. The molecular formula is C21H24Cl2N6O4. The maximum absolute atomic E-state index is 12.8. The highest BCUT2D eigenvalue weighted by atomic mass is 35.5. The number of benzene rings is 1. The number of aromatic nitrogens is 4. The number of imidazole rings is 1. The molecule has 12 heteroatoms. The summed E-state index contributed by atoms with van der Waals surface area (Å²) in [6, 6.07) is 2.97. The van der Waals surface area contributed by atoms with Gasteiger partial charge in [0.2, 0.25) is 5.28 Å². The lowest BCUT2D eigenvalue weighted by atomic mass is 10.0. The molecule has 10 nitrogen and oxygen atoms in total. The number of nitro groups is 1. The van der Waals surface area contributed by atoms with E-state index in [0.29, 0.717) is 34.1 Å². The van der Waals surface area contributed by atoms with Gasteiger partial charge in [-0.3, -0.25) is 19.2 Å². The van der Waals surface area contributed by atoms with Crippen LogP contribution in [0.15, 0.2) is 23.1 Å². The van der Waals surface area contributed by atoms with E-state index in [0.717, 1.165) is 38.9 Å². The molecule has 1 aliphatic heterocycles. The Morgan fingerprint density at radius 3 is 2.70 bits per heavy atom. The normalized spacial score (nSPS) is 15.3. The minimum atomic E-state index is -0.441. The Labute approximate surface area is 199 Å². The first-order valence-electron chi connectivity index (χ1n) is 10.7. The fourth-order valence-corrected chi connectivity index (χ4v) is 4.67. The summed E-state index contributed by atoms with van der Waals surface area (Å²) in [5, 5.41) is 11.6. The number of ether oxygens (including phenoxy) is 1. The van der Waals surface area contributed by atoms with Crippen LogP contribution in [-0.2, 0) is 7.05 Å². The Morgan fingerprint density at radius 2 is 2.00 bits per heavy atom. The molecule has 2 aromatic heterocycles. The summed E-state index contributed by atoms with van der Waals surface area (Å²) in [7, 11) is 1.71. The fraction of sp³-hybridized carbons (Fsp3) is 0.476. The first-order valence-corrected chi connectivity index (χ1v) is 11.4. The Morgan fingerprint density at radius 1 is 1.27 bits per heavy atom. The largest absolute Gasteiger partial charge is 0.492 e. The second-order valence-corrected chi connectivity index (χ2v) is 8.91. The predicted molar refractivity (Wildman–Crippen MR) is 125 cm³/mol. The van der Waals surface area contributed by atoms with Crippen LogP contribution in [0.2, 0.25) is 10.3 Å². The van der Waals surface area contributed by atoms with Crippen LogP contribution < -0.4 is 10.4 Å². The van der Waals surface area contributed by atoms with Crippen molar-refractivity contribution in [1.82, 2.24) is 24.0 Å². The molecule has 0 aliphatic carbocycles. The zero-order valence-electron chi connectivity index (χ0n) is 18.3. The molecule has 0 amide bonds. The van der Waals surface area contributed by atoms with Gasteiger partial charge in [0.05, 0.1) is 28.8 Å². The van der Waals surface area contributed by atoms with Crippen LogP contribution >= 0.6 is 23.2 Å². The van der Waals surface area contributed by atoms with Crippen molar-refractivity contribution in [3.63, 3.8) is 0 Å². The maximum Gasteiger partial charge on any atom is 0.330 e. The third-order valence-electron chi connectivity index (χ3n) is 6.05. The van der Waals surface area contributed by atoms with E-state index in [-0.39, 0.29) is 22.7 Å². The van der Waals surface area contributed by atoms with Crippen LogP contribution in [-0.4, -0.2) is 55.2 Å². The van der Waals surface area contributed by atoms with E-state index in [1.54, 1.807) is 35.4 Å². The van der Waals surface area contributed by atoms with Crippen molar-refractivity contribution >= 4 is 40.1 Å². The van der Waals surface area contributed by atoms with E-state index in [2.05, 4.69) is 14.9 Å². The first-order chi connectivity index (χ1) is 15.8. The molecule has 0 atom stereocenters. The van der Waals surface area contributed by atoms with Crippen molar-refractivity contribution in [3.8, 4) is 5.75 Å². The van der Waals surface area contributed by atoms with Gasteiger partial charge in [-0.15, -0.1) is 0 Å². The number of aryl methyl sites for hydroxylation is 2. The van der Waals surface area contributed by atoms with Gasteiger partial charge in [0.1, 0.15) is 11.3 Å². The summed E-state index contributed by atoms with van der Waals surface area (Å²) in [4.78, 5) is 34.0. The molecule has 1 aliphatic rings. The van der Waals surface area contributed by atoms with Crippen LogP contribution in [0.25, 0.3) is 11.2 Å². The average molecular weight is 495 g/mol. The number of rotatable bonds is 7. The van der Waals surface area contributed by atoms with E-state index >= 15 is 0 Å². The summed E-state index contributed by atoms with van der Waals surface area (Å²) in [6.45, 7) is 4.53. The van der Waals surface area contributed by atoms with Gasteiger partial charge in [0.15, 0.2) is 5.65 Å². The number of hydrogen-bond acceptors (Lipinski definition) is 7. The molecule has 176 valence electrons. The summed E-state index contributed by atoms with van der Waals surface area (Å²) < 4.78 is 8.99. The minimum Gasteiger partial charge on any atom is -0.492 e. The van der Waals surface area contributed by atoms with Gasteiger partial charge in [-0.25, -0.2) is 9.78 Å². The third kappa shape index (κ3) is 4.83. The molecule has 0 saturated carbocycles. The van der Waals surface area contributed by atoms with Gasteiger partial charge < -0.3 is 9.64 Å². The maximum atomic E-state index is 12.8. The van der Waals surface area contributed by atoms with E-state index in [1.807, 2.05) is 0 Å². The molecule has 0 spiro atoms. The van der Waals surface area contributed by atoms with Gasteiger partial charge in [0.25, 0.3) is 5.69 Å². The number of piperidine rings is 1. The van der Waals surface area contributed by atoms with Gasteiger partial charge >= 0.3 is 5.69 Å². The molecule has 3 heterocycles. The van der Waals surface area contributed by atoms with Crippen LogP contribution in [0.1, 0.15) is 30.9 Å². The number of hydrogen-bond donors (Lipinski definition) is 0. The van der Waals surface area contributed by atoms with Crippen molar-refractivity contribution in [3.05, 3.63) is 54.8 Å². The smallest absolute Gasteiger partial charge is 0.330 e. The van der Waals surface area contributed by atoms with Gasteiger partial charge in [-0.05, 0) is 43.9 Å². The second kappa shape index (κ2) is 9.66. The summed E-state index contributed by atoms with van der Waals surface area (Å²) in [5.41, 5.74) is 1.61. The number of halogens is 2. The van der Waals surface area contributed by atoms with Crippen molar-refractivity contribution in [1.29, 1.82) is 0 Å². The van der Waals surface area contributed by atoms with E-state index in [4.69, 9.17) is 27.9 Å². The average Bonchev–Trinajstić information content (AvgIpc) is 3.02. The summed E-state index contributed by atoms with van der Waals surface area (Å²) in [5.74, 6) is 0.323. The lowest BCUT2D eigenvalue weighted by molar-refractivity contribution is -0.385. The van der Waals surface area contributed by atoms with Gasteiger partial charge in [-0.1, -0.05) is 11.6 Å². The third-order valence-corrected chi connectivity index (χ3v) is 6.53. The van der Waals surface area contributed by atoms with Gasteiger partial charge in [-0.2, -0.15) is 4.98 Å². The molecule has 1 saturated heterocycles. The van der Waals surface area contributed by atoms with E-state index in [9.17, 15) is 14.9 Å². The number of likely N-dealkylation sites (tertiary alicyclic amines) is 1. The Bertz CT molecular complexity index is 1250. The first kappa shape index (κ1) is 23.5. The standard InChI is InChI=1S/C21H24Cl2N6O4/c1-13-10-15(22)18(11-16(13)29(31)32)33-9-3-6-27-7-4-14(5-8-27)28-19-17(26(2)21(28)30)12-24-20(23)25-19/h10-12,14H,3-9H2,1-2H3. The number of nitro benzene ring substituents is 1. The predicted octanol–water partition coefficient (Wildman–Crippen LogP) is 3.76. The molecule has 0 unspecified atom stereocenters. The van der Waals surface area contributed by atoms with Crippen molar-refractivity contribution < 1.29 is 9.66 Å². The van der Waals surface area contributed by atoms with Crippen LogP contribution in [0.4, 0.5) is 5.69 Å². The molecule has 1 aromatic carbocycles. The molecule has 33 heavy (non-hydrogen) atoms. The summed E-state index contributed by atoms with van der Waals surface area (Å²) >= 11 is 12.1. The van der Waals surface area contributed by atoms with Crippen LogP contribution in [0, 0.1) is 17.0 Å². The van der Waals surface area contributed by atoms with Crippen molar-refractivity contribution in [2.45, 2.75) is 32.2 Å². The molecule has 4 rings (SSSR count). The van der Waals surface area contributed by atoms with Gasteiger partial charge in [0, 0.05) is 38.3 Å². The Balaban J connectivity index is 1.32. The highest BCUT2D eigenvalue weighted by molar-refractivity contribution is 6.32. The SMILES string of the molecule is Cc1cc(Cl)c(OCCCN2CCC(n3c(=O)n(C)c4cnc(Cl)nc43)CC2)cc1[N+](=O)[O-].